The second kappa shape index (κ2) is 4.57. The molecule has 0 radical (unpaired) electrons. The van der Waals surface area contributed by atoms with Crippen LogP contribution in [0.4, 0.5) is 0 Å². The molecular formula is C14H16O5. The van der Waals surface area contributed by atoms with Gasteiger partial charge in [0.2, 0.25) is 5.78 Å². The predicted molar refractivity (Wildman–Crippen MR) is 66.8 cm³/mol. The lowest BCUT2D eigenvalue weighted by Gasteiger charge is -2.23. The monoisotopic (exact) mass is 264 g/mol. The summed E-state index contributed by atoms with van der Waals surface area (Å²) < 4.78 is 15.6. The van der Waals surface area contributed by atoms with Crippen LogP contribution in [0.1, 0.15) is 27.2 Å². The normalized spacial score (nSPS) is 28.6. The number of ether oxygens (including phenoxy) is 3. The van der Waals surface area contributed by atoms with E-state index in [4.69, 9.17) is 14.2 Å². The number of hydrogen-bond donors (Lipinski definition) is 0. The molecule has 0 unspecified atom stereocenters. The van der Waals surface area contributed by atoms with Crippen LogP contribution in [-0.4, -0.2) is 24.5 Å². The van der Waals surface area contributed by atoms with Crippen molar-refractivity contribution in [1.29, 1.82) is 0 Å². The van der Waals surface area contributed by atoms with Crippen molar-refractivity contribution < 1.29 is 23.8 Å². The highest BCUT2D eigenvalue weighted by Crippen LogP contribution is 2.34. The Hall–Kier alpha value is -2.04. The molecule has 2 aliphatic rings. The van der Waals surface area contributed by atoms with Gasteiger partial charge in [-0.3, -0.25) is 4.79 Å². The van der Waals surface area contributed by atoms with E-state index in [1.165, 1.54) is 19.4 Å². The van der Waals surface area contributed by atoms with Gasteiger partial charge in [-0.15, -0.1) is 0 Å². The molecule has 0 aliphatic carbocycles. The third-order valence-electron chi connectivity index (χ3n) is 3.22. The van der Waals surface area contributed by atoms with Gasteiger partial charge >= 0.3 is 5.97 Å². The Bertz CT molecular complexity index is 538. The summed E-state index contributed by atoms with van der Waals surface area (Å²) in [6, 6.07) is 0. The molecule has 0 saturated heterocycles. The molecule has 0 aromatic carbocycles. The fraction of sp³-hybridized carbons (Fsp3) is 0.429. The number of hydrogen-bond acceptors (Lipinski definition) is 5. The van der Waals surface area contributed by atoms with Crippen LogP contribution in [0.2, 0.25) is 0 Å². The highest BCUT2D eigenvalue weighted by molar-refractivity contribution is 6.03. The van der Waals surface area contributed by atoms with E-state index >= 15 is 0 Å². The molecule has 2 aliphatic heterocycles. The Labute approximate surface area is 111 Å². The number of carbonyl (C=O) groups excluding carboxylic acids is 2. The van der Waals surface area contributed by atoms with Crippen molar-refractivity contribution in [2.75, 3.05) is 7.11 Å². The molecule has 1 atom stereocenters. The summed E-state index contributed by atoms with van der Waals surface area (Å²) in [5.74, 6) is 0.222. The number of rotatable bonds is 3. The Morgan fingerprint density at radius 3 is 2.63 bits per heavy atom. The van der Waals surface area contributed by atoms with Crippen LogP contribution in [0, 0.1) is 0 Å². The van der Waals surface area contributed by atoms with Crippen LogP contribution >= 0.6 is 0 Å². The summed E-state index contributed by atoms with van der Waals surface area (Å²) in [4.78, 5) is 23.3. The first-order valence-corrected chi connectivity index (χ1v) is 5.94. The average molecular weight is 264 g/mol. The summed E-state index contributed by atoms with van der Waals surface area (Å²) in [5, 5.41) is 0. The van der Waals surface area contributed by atoms with Crippen LogP contribution in [0.3, 0.4) is 0 Å². The van der Waals surface area contributed by atoms with Gasteiger partial charge in [-0.25, -0.2) is 4.79 Å². The number of ketones is 1. The first-order valence-electron chi connectivity index (χ1n) is 5.94. The molecule has 2 heterocycles. The second-order valence-corrected chi connectivity index (χ2v) is 4.90. The zero-order valence-corrected chi connectivity index (χ0v) is 11.4. The van der Waals surface area contributed by atoms with Crippen molar-refractivity contribution >= 4 is 11.8 Å². The first kappa shape index (κ1) is 13.4. The second-order valence-electron chi connectivity index (χ2n) is 4.90. The number of carbonyl (C=O) groups is 2. The minimum absolute atomic E-state index is 0.0558. The fourth-order valence-electron chi connectivity index (χ4n) is 2.25. The number of cyclic esters (lactones) is 1. The van der Waals surface area contributed by atoms with Gasteiger partial charge < -0.3 is 14.2 Å². The minimum Gasteiger partial charge on any atom is -0.493 e. The highest BCUT2D eigenvalue weighted by atomic mass is 16.6. The van der Waals surface area contributed by atoms with Gasteiger partial charge in [0, 0.05) is 12.0 Å². The molecule has 5 nitrogen and oxygen atoms in total. The molecule has 0 spiro atoms. The van der Waals surface area contributed by atoms with Crippen LogP contribution in [-0.2, 0) is 23.8 Å². The topological polar surface area (TPSA) is 61.8 Å². The summed E-state index contributed by atoms with van der Waals surface area (Å²) >= 11 is 0. The van der Waals surface area contributed by atoms with Crippen molar-refractivity contribution in [3.63, 3.8) is 0 Å². The third kappa shape index (κ3) is 2.28. The van der Waals surface area contributed by atoms with E-state index in [2.05, 4.69) is 0 Å². The maximum absolute atomic E-state index is 12.0. The fourth-order valence-corrected chi connectivity index (χ4v) is 2.25. The van der Waals surface area contributed by atoms with Crippen LogP contribution in [0.5, 0.6) is 0 Å². The highest BCUT2D eigenvalue weighted by Gasteiger charge is 2.41. The van der Waals surface area contributed by atoms with Gasteiger partial charge in [-0.1, -0.05) is 0 Å². The van der Waals surface area contributed by atoms with Crippen molar-refractivity contribution in [3.05, 3.63) is 35.0 Å². The Kier molecular flexibility index (Phi) is 3.22. The number of methoxy groups -OCH3 is 1. The molecule has 19 heavy (non-hydrogen) atoms. The maximum atomic E-state index is 12.0. The van der Waals surface area contributed by atoms with E-state index in [-0.39, 0.29) is 5.78 Å². The summed E-state index contributed by atoms with van der Waals surface area (Å²) in [6.45, 7) is 5.22. The molecule has 0 amide bonds. The van der Waals surface area contributed by atoms with Crippen LogP contribution < -0.4 is 0 Å². The van der Waals surface area contributed by atoms with Gasteiger partial charge in [-0.2, -0.15) is 0 Å². The molecule has 0 bridgehead atoms. The Balaban J connectivity index is 2.23. The average Bonchev–Trinajstić information content (AvgIpc) is 2.86. The lowest BCUT2D eigenvalue weighted by atomic mass is 9.90. The van der Waals surface area contributed by atoms with Crippen LogP contribution in [0.25, 0.3) is 0 Å². The summed E-state index contributed by atoms with van der Waals surface area (Å²) in [6.07, 6.45) is 3.08. The molecule has 102 valence electrons. The number of esters is 1. The molecule has 5 heteroatoms. The maximum Gasteiger partial charge on any atom is 0.340 e. The van der Waals surface area contributed by atoms with Crippen molar-refractivity contribution in [2.45, 2.75) is 32.8 Å². The van der Waals surface area contributed by atoms with Gasteiger partial charge in [0.25, 0.3) is 0 Å². The largest absolute Gasteiger partial charge is 0.493 e. The Morgan fingerprint density at radius 1 is 1.42 bits per heavy atom. The van der Waals surface area contributed by atoms with Gasteiger partial charge in [0.05, 0.1) is 19.4 Å². The molecule has 0 fully saturated rings. The molecular weight excluding hydrogens is 248 g/mol. The molecule has 0 N–H and O–H groups in total. The molecule has 0 aromatic rings. The quantitative estimate of drug-likeness (QED) is 0.729. The molecule has 0 saturated carbocycles. The SMILES string of the molecule is COC1=CC(=O)O/C1=C(\C)C[C@@]1(C)OC=C(C)C1=O. The first-order chi connectivity index (χ1) is 8.87. The van der Waals surface area contributed by atoms with Gasteiger partial charge in [0.15, 0.2) is 17.1 Å². The third-order valence-corrected chi connectivity index (χ3v) is 3.22. The van der Waals surface area contributed by atoms with E-state index in [9.17, 15) is 9.59 Å². The zero-order chi connectivity index (χ0) is 14.2. The Morgan fingerprint density at radius 2 is 2.11 bits per heavy atom. The van der Waals surface area contributed by atoms with Crippen molar-refractivity contribution in [1.82, 2.24) is 0 Å². The number of Topliss-reactive ketones (excluding diaryl/α,β-unsaturated/α-hetero) is 1. The van der Waals surface area contributed by atoms with Crippen molar-refractivity contribution in [3.8, 4) is 0 Å². The predicted octanol–water partition coefficient (Wildman–Crippen LogP) is 2.00. The van der Waals surface area contributed by atoms with Crippen LogP contribution in [0.15, 0.2) is 35.0 Å². The van der Waals surface area contributed by atoms with E-state index in [0.29, 0.717) is 23.5 Å². The van der Waals surface area contributed by atoms with Gasteiger partial charge in [0.1, 0.15) is 0 Å². The summed E-state index contributed by atoms with van der Waals surface area (Å²) in [7, 11) is 1.46. The van der Waals surface area contributed by atoms with Crippen molar-refractivity contribution in [2.24, 2.45) is 0 Å². The lowest BCUT2D eigenvalue weighted by molar-refractivity contribution is -0.132. The smallest absolute Gasteiger partial charge is 0.340 e. The van der Waals surface area contributed by atoms with E-state index < -0.39 is 11.6 Å². The van der Waals surface area contributed by atoms with E-state index in [1.807, 2.05) is 0 Å². The molecule has 0 aromatic heterocycles. The van der Waals surface area contributed by atoms with Gasteiger partial charge in [-0.05, 0) is 26.3 Å². The molecule has 2 rings (SSSR count). The minimum atomic E-state index is -0.936. The lowest BCUT2D eigenvalue weighted by Crippen LogP contribution is -2.34. The van der Waals surface area contributed by atoms with E-state index in [0.717, 1.165) is 5.57 Å². The zero-order valence-electron chi connectivity index (χ0n) is 11.4. The summed E-state index contributed by atoms with van der Waals surface area (Å²) in [5.41, 5.74) is 0.388. The standard InChI is InChI=1S/C14H16O5/c1-8(12-10(17-4)5-11(15)19-12)6-14(3)13(16)9(2)7-18-14/h5,7H,6H2,1-4H3/b12-8+/t14-/m1/s1. The van der Waals surface area contributed by atoms with E-state index in [1.54, 1.807) is 20.8 Å².